The Hall–Kier alpha value is -1.49. The van der Waals surface area contributed by atoms with Gasteiger partial charge in [0.25, 0.3) is 5.91 Å². The van der Waals surface area contributed by atoms with Crippen LogP contribution in [-0.4, -0.2) is 35.4 Å². The second-order valence-electron chi connectivity index (χ2n) is 3.52. The molecule has 0 aliphatic heterocycles. The van der Waals surface area contributed by atoms with Gasteiger partial charge in [0.2, 0.25) is 0 Å². The molecule has 0 aliphatic rings. The molecule has 0 fully saturated rings. The summed E-state index contributed by atoms with van der Waals surface area (Å²) in [5.74, 6) is -0.994. The summed E-state index contributed by atoms with van der Waals surface area (Å²) in [4.78, 5) is 16.7. The average molecular weight is 211 g/mol. The van der Waals surface area contributed by atoms with Crippen molar-refractivity contribution in [1.82, 2.24) is 9.88 Å². The predicted molar refractivity (Wildman–Crippen MR) is 54.8 cm³/mol. The Morgan fingerprint density at radius 1 is 1.73 bits per heavy atom. The Bertz CT molecular complexity index is 354. The molecule has 4 nitrogen and oxygen atoms in total. The zero-order chi connectivity index (χ0) is 11.4. The van der Waals surface area contributed by atoms with Gasteiger partial charge in [-0.2, -0.15) is 0 Å². The molecule has 0 saturated carbocycles. The summed E-state index contributed by atoms with van der Waals surface area (Å²) in [6, 6.07) is 1.22. The van der Waals surface area contributed by atoms with Crippen LogP contribution < -0.4 is 5.73 Å². The molecule has 1 unspecified atom stereocenters. The third-order valence-corrected chi connectivity index (χ3v) is 1.91. The second-order valence-corrected chi connectivity index (χ2v) is 3.52. The summed E-state index contributed by atoms with van der Waals surface area (Å²) in [6.07, 6.45) is 2.41. The van der Waals surface area contributed by atoms with Gasteiger partial charge in [0.1, 0.15) is 0 Å². The molecule has 5 heteroatoms. The fraction of sp³-hybridized carbons (Fsp3) is 0.400. The molecule has 1 aromatic rings. The molecular weight excluding hydrogens is 197 g/mol. The monoisotopic (exact) mass is 211 g/mol. The first kappa shape index (κ1) is 11.6. The van der Waals surface area contributed by atoms with Crippen LogP contribution in [0, 0.1) is 5.82 Å². The highest BCUT2D eigenvalue weighted by Crippen LogP contribution is 2.07. The highest BCUT2D eigenvalue weighted by molar-refractivity contribution is 5.94. The van der Waals surface area contributed by atoms with Gasteiger partial charge in [-0.05, 0) is 13.0 Å². The lowest BCUT2D eigenvalue weighted by Gasteiger charge is -2.19. The van der Waals surface area contributed by atoms with Crippen molar-refractivity contribution in [3.05, 3.63) is 29.8 Å². The molecule has 0 saturated heterocycles. The van der Waals surface area contributed by atoms with E-state index < -0.39 is 5.82 Å². The summed E-state index contributed by atoms with van der Waals surface area (Å²) in [5.41, 5.74) is 5.57. The van der Waals surface area contributed by atoms with Gasteiger partial charge in [-0.1, -0.05) is 0 Å². The van der Waals surface area contributed by atoms with Crippen LogP contribution in [-0.2, 0) is 0 Å². The Morgan fingerprint density at radius 2 is 2.40 bits per heavy atom. The molecular formula is C10H14FN3O. The zero-order valence-corrected chi connectivity index (χ0v) is 8.77. The van der Waals surface area contributed by atoms with E-state index in [1.807, 2.05) is 0 Å². The van der Waals surface area contributed by atoms with Crippen LogP contribution in [0.3, 0.4) is 0 Å². The molecule has 1 amide bonds. The molecule has 0 aromatic carbocycles. The summed E-state index contributed by atoms with van der Waals surface area (Å²) in [5, 5.41) is 0. The first-order chi connectivity index (χ1) is 7.02. The molecule has 1 aromatic heterocycles. The van der Waals surface area contributed by atoms with Crippen molar-refractivity contribution in [3.8, 4) is 0 Å². The van der Waals surface area contributed by atoms with Gasteiger partial charge in [-0.3, -0.25) is 9.78 Å². The number of carbonyl (C=O) groups excluding carboxylic acids is 1. The Balaban J connectivity index is 2.81. The van der Waals surface area contributed by atoms with Gasteiger partial charge in [0.05, 0.1) is 11.8 Å². The van der Waals surface area contributed by atoms with Crippen molar-refractivity contribution in [2.75, 3.05) is 13.6 Å². The van der Waals surface area contributed by atoms with E-state index in [9.17, 15) is 9.18 Å². The number of hydrogen-bond acceptors (Lipinski definition) is 3. The number of likely N-dealkylation sites (N-methyl/N-ethyl adjacent to an activating group) is 1. The number of nitrogens with two attached hydrogens (primary N) is 1. The van der Waals surface area contributed by atoms with E-state index in [0.717, 1.165) is 6.20 Å². The zero-order valence-electron chi connectivity index (χ0n) is 8.77. The number of hydrogen-bond donors (Lipinski definition) is 1. The maximum absolute atomic E-state index is 13.2. The predicted octanol–water partition coefficient (Wildman–Crippen LogP) is 0.640. The number of halogens is 1. The Kier molecular flexibility index (Phi) is 3.74. The van der Waals surface area contributed by atoms with E-state index in [4.69, 9.17) is 5.73 Å². The fourth-order valence-corrected chi connectivity index (χ4v) is 1.27. The smallest absolute Gasteiger partial charge is 0.256 e. The highest BCUT2D eigenvalue weighted by Gasteiger charge is 2.16. The quantitative estimate of drug-likeness (QED) is 0.798. The molecule has 2 N–H and O–H groups in total. The number of carbonyl (C=O) groups is 1. The number of rotatable bonds is 3. The summed E-state index contributed by atoms with van der Waals surface area (Å²) in [7, 11) is 1.59. The van der Waals surface area contributed by atoms with Gasteiger partial charge in [-0.15, -0.1) is 0 Å². The van der Waals surface area contributed by atoms with Crippen molar-refractivity contribution in [2.24, 2.45) is 5.73 Å². The van der Waals surface area contributed by atoms with E-state index in [0.29, 0.717) is 6.54 Å². The van der Waals surface area contributed by atoms with E-state index in [-0.39, 0.29) is 17.5 Å². The highest BCUT2D eigenvalue weighted by atomic mass is 19.1. The van der Waals surface area contributed by atoms with E-state index in [1.54, 1.807) is 14.0 Å². The van der Waals surface area contributed by atoms with Crippen molar-refractivity contribution >= 4 is 5.91 Å². The summed E-state index contributed by atoms with van der Waals surface area (Å²) < 4.78 is 13.2. The summed E-state index contributed by atoms with van der Waals surface area (Å²) in [6.45, 7) is 2.17. The van der Waals surface area contributed by atoms with E-state index >= 15 is 0 Å². The molecule has 82 valence electrons. The minimum atomic E-state index is -0.612. The van der Waals surface area contributed by atoms with Gasteiger partial charge in [0.15, 0.2) is 5.82 Å². The molecule has 0 spiro atoms. The first-order valence-corrected chi connectivity index (χ1v) is 4.63. The molecule has 1 atom stereocenters. The maximum atomic E-state index is 13.2. The van der Waals surface area contributed by atoms with Gasteiger partial charge in [0, 0.05) is 25.8 Å². The lowest BCUT2D eigenvalue weighted by Crippen LogP contribution is -2.37. The van der Waals surface area contributed by atoms with Crippen LogP contribution >= 0.6 is 0 Å². The topological polar surface area (TPSA) is 59.2 Å². The van der Waals surface area contributed by atoms with Crippen LogP contribution in [0.1, 0.15) is 17.3 Å². The fourth-order valence-electron chi connectivity index (χ4n) is 1.27. The molecule has 1 heterocycles. The van der Waals surface area contributed by atoms with Crippen LogP contribution in [0.5, 0.6) is 0 Å². The van der Waals surface area contributed by atoms with Crippen LogP contribution in [0.2, 0.25) is 0 Å². The lowest BCUT2D eigenvalue weighted by molar-refractivity contribution is 0.0784. The van der Waals surface area contributed by atoms with Crippen LogP contribution in [0.25, 0.3) is 0 Å². The first-order valence-electron chi connectivity index (χ1n) is 4.63. The van der Waals surface area contributed by atoms with Crippen LogP contribution in [0.4, 0.5) is 4.39 Å². The molecule has 0 radical (unpaired) electrons. The Morgan fingerprint density at radius 3 is 2.93 bits per heavy atom. The van der Waals surface area contributed by atoms with Crippen LogP contribution in [0.15, 0.2) is 18.5 Å². The molecule has 0 bridgehead atoms. The number of nitrogens with zero attached hydrogens (tertiary/aromatic N) is 2. The lowest BCUT2D eigenvalue weighted by atomic mass is 10.2. The van der Waals surface area contributed by atoms with Gasteiger partial charge in [-0.25, -0.2) is 4.39 Å². The standard InChI is InChI=1S/C10H14FN3O/c1-7(12)6-14(2)10(15)8-3-4-13-5-9(8)11/h3-5,7H,6,12H2,1-2H3. The molecule has 1 rings (SSSR count). The second kappa shape index (κ2) is 4.84. The average Bonchev–Trinajstić information content (AvgIpc) is 2.16. The van der Waals surface area contributed by atoms with E-state index in [1.165, 1.54) is 17.2 Å². The molecule has 15 heavy (non-hydrogen) atoms. The molecule has 0 aliphatic carbocycles. The van der Waals surface area contributed by atoms with Gasteiger partial charge < -0.3 is 10.6 Å². The number of aromatic nitrogens is 1. The largest absolute Gasteiger partial charge is 0.340 e. The SMILES string of the molecule is CC(N)CN(C)C(=O)c1ccncc1F. The number of amides is 1. The summed E-state index contributed by atoms with van der Waals surface area (Å²) >= 11 is 0. The van der Waals surface area contributed by atoms with Crippen molar-refractivity contribution in [2.45, 2.75) is 13.0 Å². The van der Waals surface area contributed by atoms with Crippen molar-refractivity contribution < 1.29 is 9.18 Å². The minimum absolute atomic E-state index is 0.0214. The third-order valence-electron chi connectivity index (χ3n) is 1.91. The van der Waals surface area contributed by atoms with Crippen molar-refractivity contribution in [3.63, 3.8) is 0 Å². The third kappa shape index (κ3) is 2.99. The Labute approximate surface area is 87.9 Å². The maximum Gasteiger partial charge on any atom is 0.256 e. The number of pyridine rings is 1. The minimum Gasteiger partial charge on any atom is -0.340 e. The van der Waals surface area contributed by atoms with Gasteiger partial charge >= 0.3 is 0 Å². The normalized spacial score (nSPS) is 12.3. The van der Waals surface area contributed by atoms with E-state index in [2.05, 4.69) is 4.98 Å². The van der Waals surface area contributed by atoms with Crippen molar-refractivity contribution in [1.29, 1.82) is 0 Å².